The van der Waals surface area contributed by atoms with Crippen molar-refractivity contribution >= 4 is 32.7 Å². The van der Waals surface area contributed by atoms with Crippen molar-refractivity contribution in [3.63, 3.8) is 0 Å². The van der Waals surface area contributed by atoms with Crippen molar-refractivity contribution in [2.75, 3.05) is 20.0 Å². The fourth-order valence-corrected chi connectivity index (χ4v) is 4.03. The SMILES string of the molecule is COc1cc(-c2cc(-c3c[nH]c4ccc(F)cc34)nc(N)c2C#N)cc(Br)c1OC. The molecule has 4 aromatic rings. The third kappa shape index (κ3) is 3.23. The Hall–Kier alpha value is -3.57. The number of anilines is 1. The van der Waals surface area contributed by atoms with Gasteiger partial charge < -0.3 is 20.2 Å². The molecular formula is C22H16BrFN4O2. The lowest BCUT2D eigenvalue weighted by Crippen LogP contribution is -2.00. The van der Waals surface area contributed by atoms with Crippen LogP contribution in [0.3, 0.4) is 0 Å². The molecule has 0 bridgehead atoms. The van der Waals surface area contributed by atoms with Gasteiger partial charge in [0.2, 0.25) is 0 Å². The minimum absolute atomic E-state index is 0.0849. The maximum absolute atomic E-state index is 13.8. The Morgan fingerprint density at radius 3 is 2.63 bits per heavy atom. The number of nitrogens with one attached hydrogen (secondary N) is 1. The first-order valence-electron chi connectivity index (χ1n) is 8.86. The number of aromatic amines is 1. The summed E-state index contributed by atoms with van der Waals surface area (Å²) in [5, 5.41) is 10.4. The van der Waals surface area contributed by atoms with E-state index in [9.17, 15) is 9.65 Å². The number of nitrogen functional groups attached to an aromatic ring is 1. The normalized spacial score (nSPS) is 10.8. The summed E-state index contributed by atoms with van der Waals surface area (Å²) in [7, 11) is 3.08. The first kappa shape index (κ1) is 19.7. The van der Waals surface area contributed by atoms with Gasteiger partial charge in [-0.2, -0.15) is 5.26 Å². The smallest absolute Gasteiger partial charge is 0.174 e. The molecule has 0 aliphatic heterocycles. The predicted molar refractivity (Wildman–Crippen MR) is 117 cm³/mol. The molecule has 6 nitrogen and oxygen atoms in total. The monoisotopic (exact) mass is 466 g/mol. The summed E-state index contributed by atoms with van der Waals surface area (Å²) in [6, 6.07) is 11.9. The van der Waals surface area contributed by atoms with Crippen LogP contribution in [0.2, 0.25) is 0 Å². The second kappa shape index (κ2) is 7.69. The Morgan fingerprint density at radius 1 is 1.13 bits per heavy atom. The average molecular weight is 467 g/mol. The van der Waals surface area contributed by atoms with Crippen LogP contribution in [0.1, 0.15) is 5.56 Å². The zero-order valence-electron chi connectivity index (χ0n) is 16.1. The lowest BCUT2D eigenvalue weighted by atomic mass is 9.98. The Labute approximate surface area is 180 Å². The lowest BCUT2D eigenvalue weighted by molar-refractivity contribution is 0.353. The molecule has 0 saturated carbocycles. The summed E-state index contributed by atoms with van der Waals surface area (Å²) in [6.45, 7) is 0. The molecule has 2 aromatic carbocycles. The van der Waals surface area contributed by atoms with Gasteiger partial charge in [-0.1, -0.05) is 0 Å². The van der Waals surface area contributed by atoms with Crippen molar-refractivity contribution in [3.8, 4) is 40.0 Å². The predicted octanol–water partition coefficient (Wildman–Crippen LogP) is 5.27. The van der Waals surface area contributed by atoms with Gasteiger partial charge in [-0.15, -0.1) is 0 Å². The molecule has 0 radical (unpaired) electrons. The zero-order chi connectivity index (χ0) is 21.4. The summed E-state index contributed by atoms with van der Waals surface area (Å²) in [5.41, 5.74) is 9.61. The van der Waals surface area contributed by atoms with E-state index in [0.717, 1.165) is 5.52 Å². The number of H-pyrrole nitrogens is 1. The van der Waals surface area contributed by atoms with E-state index in [4.69, 9.17) is 15.2 Å². The topological polar surface area (TPSA) is 97.0 Å². The van der Waals surface area contributed by atoms with Crippen molar-refractivity contribution in [2.45, 2.75) is 0 Å². The Kier molecular flexibility index (Phi) is 5.06. The second-order valence-electron chi connectivity index (χ2n) is 6.51. The van der Waals surface area contributed by atoms with Crippen LogP contribution in [-0.2, 0) is 0 Å². The third-order valence-electron chi connectivity index (χ3n) is 4.82. The highest BCUT2D eigenvalue weighted by molar-refractivity contribution is 9.10. The summed E-state index contributed by atoms with van der Waals surface area (Å²) in [6.07, 6.45) is 1.74. The van der Waals surface area contributed by atoms with Gasteiger partial charge in [0.05, 0.1) is 24.4 Å². The molecule has 0 amide bonds. The summed E-state index contributed by atoms with van der Waals surface area (Å²) in [4.78, 5) is 7.50. The van der Waals surface area contributed by atoms with Crippen molar-refractivity contribution in [1.29, 1.82) is 5.26 Å². The number of nitriles is 1. The first-order chi connectivity index (χ1) is 14.5. The number of methoxy groups -OCH3 is 2. The fourth-order valence-electron chi connectivity index (χ4n) is 3.43. The minimum atomic E-state index is -0.353. The van der Waals surface area contributed by atoms with Gasteiger partial charge in [0.15, 0.2) is 11.5 Å². The van der Waals surface area contributed by atoms with Gasteiger partial charge in [-0.25, -0.2) is 9.37 Å². The van der Waals surface area contributed by atoms with Crippen LogP contribution in [0.4, 0.5) is 10.2 Å². The molecule has 0 aliphatic carbocycles. The van der Waals surface area contributed by atoms with Crippen LogP contribution >= 0.6 is 15.9 Å². The zero-order valence-corrected chi connectivity index (χ0v) is 17.7. The van der Waals surface area contributed by atoms with Crippen LogP contribution in [0.15, 0.2) is 47.1 Å². The van der Waals surface area contributed by atoms with Crippen LogP contribution < -0.4 is 15.2 Å². The lowest BCUT2D eigenvalue weighted by Gasteiger charge is -2.14. The van der Waals surface area contributed by atoms with E-state index < -0.39 is 0 Å². The third-order valence-corrected chi connectivity index (χ3v) is 5.41. The highest BCUT2D eigenvalue weighted by Crippen LogP contribution is 2.42. The van der Waals surface area contributed by atoms with Crippen LogP contribution in [0.25, 0.3) is 33.3 Å². The van der Waals surface area contributed by atoms with E-state index in [1.165, 1.54) is 19.2 Å². The number of nitrogens with zero attached hydrogens (tertiary/aromatic N) is 2. The standard InChI is InChI=1S/C22H16BrFN4O2/c1-29-20-6-11(5-17(23)21(20)30-2)13-8-19(28-22(26)15(13)9-25)16-10-27-18-4-3-12(24)7-14(16)18/h3-8,10,27H,1-2H3,(H2,26,28). The molecule has 8 heteroatoms. The number of hydrogen-bond acceptors (Lipinski definition) is 5. The van der Waals surface area contributed by atoms with E-state index in [1.807, 2.05) is 6.07 Å². The Bertz CT molecular complexity index is 1330. The molecule has 0 atom stereocenters. The highest BCUT2D eigenvalue weighted by atomic mass is 79.9. The molecule has 2 aromatic heterocycles. The fraction of sp³-hybridized carbons (Fsp3) is 0.0909. The maximum atomic E-state index is 13.8. The molecule has 0 fully saturated rings. The van der Waals surface area contributed by atoms with Gasteiger partial charge in [-0.05, 0) is 57.9 Å². The Morgan fingerprint density at radius 2 is 1.93 bits per heavy atom. The number of hydrogen-bond donors (Lipinski definition) is 2. The number of ether oxygens (including phenoxy) is 2. The van der Waals surface area contributed by atoms with E-state index >= 15 is 0 Å². The van der Waals surface area contributed by atoms with Crippen LogP contribution in [-0.4, -0.2) is 24.2 Å². The van der Waals surface area contributed by atoms with Crippen LogP contribution in [0.5, 0.6) is 11.5 Å². The van der Waals surface area contributed by atoms with Crippen molar-refractivity contribution in [1.82, 2.24) is 9.97 Å². The number of halogens is 2. The summed E-state index contributed by atoms with van der Waals surface area (Å²) >= 11 is 3.48. The van der Waals surface area contributed by atoms with Gasteiger partial charge >= 0.3 is 0 Å². The van der Waals surface area contributed by atoms with E-state index in [-0.39, 0.29) is 17.2 Å². The van der Waals surface area contributed by atoms with Crippen molar-refractivity contribution in [2.24, 2.45) is 0 Å². The first-order valence-corrected chi connectivity index (χ1v) is 9.65. The average Bonchev–Trinajstić information content (AvgIpc) is 3.15. The molecular weight excluding hydrogens is 451 g/mol. The van der Waals surface area contributed by atoms with Gasteiger partial charge in [0.1, 0.15) is 23.3 Å². The molecule has 0 aliphatic rings. The molecule has 4 rings (SSSR count). The number of pyridine rings is 1. The second-order valence-corrected chi connectivity index (χ2v) is 7.37. The number of benzene rings is 2. The molecule has 3 N–H and O–H groups in total. The Balaban J connectivity index is 1.98. The number of fused-ring (bicyclic) bond motifs is 1. The molecule has 0 saturated heterocycles. The van der Waals surface area contributed by atoms with Crippen LogP contribution in [0, 0.1) is 17.1 Å². The largest absolute Gasteiger partial charge is 0.493 e. The number of rotatable bonds is 4. The minimum Gasteiger partial charge on any atom is -0.493 e. The quantitative estimate of drug-likeness (QED) is 0.426. The molecule has 0 spiro atoms. The summed E-state index contributed by atoms with van der Waals surface area (Å²) < 4.78 is 25.3. The molecule has 0 unspecified atom stereocenters. The molecule has 30 heavy (non-hydrogen) atoms. The number of aromatic nitrogens is 2. The number of nitrogens with two attached hydrogens (primary N) is 1. The van der Waals surface area contributed by atoms with E-state index in [0.29, 0.717) is 43.7 Å². The van der Waals surface area contributed by atoms with Crippen molar-refractivity contribution < 1.29 is 13.9 Å². The maximum Gasteiger partial charge on any atom is 0.174 e. The van der Waals surface area contributed by atoms with Gasteiger partial charge in [0.25, 0.3) is 0 Å². The molecule has 150 valence electrons. The highest BCUT2D eigenvalue weighted by Gasteiger charge is 2.19. The van der Waals surface area contributed by atoms with E-state index in [2.05, 4.69) is 32.0 Å². The summed E-state index contributed by atoms with van der Waals surface area (Å²) in [5.74, 6) is 0.765. The van der Waals surface area contributed by atoms with Gasteiger partial charge in [-0.3, -0.25) is 0 Å². The van der Waals surface area contributed by atoms with E-state index in [1.54, 1.807) is 31.5 Å². The molecule has 2 heterocycles. The van der Waals surface area contributed by atoms with Gasteiger partial charge in [0, 0.05) is 28.2 Å². The van der Waals surface area contributed by atoms with Crippen molar-refractivity contribution in [3.05, 3.63) is 58.4 Å².